The SMILES string of the molecule is C=CC(=O)CCNC(=O)OCC. The predicted octanol–water partition coefficient (Wildman–Crippen LogP) is 0.878. The van der Waals surface area contributed by atoms with Crippen LogP contribution in [0.25, 0.3) is 0 Å². The highest BCUT2D eigenvalue weighted by Crippen LogP contribution is 1.82. The quantitative estimate of drug-likeness (QED) is 0.624. The zero-order valence-corrected chi connectivity index (χ0v) is 7.13. The van der Waals surface area contributed by atoms with Crippen LogP contribution in [0.5, 0.6) is 0 Å². The molecule has 0 radical (unpaired) electrons. The molecular formula is C8H13NO3. The number of alkyl carbamates (subject to hydrolysis) is 1. The van der Waals surface area contributed by atoms with Crippen LogP contribution >= 0.6 is 0 Å². The zero-order chi connectivity index (χ0) is 9.40. The minimum atomic E-state index is -0.491. The molecule has 0 bridgehead atoms. The largest absolute Gasteiger partial charge is 0.450 e. The van der Waals surface area contributed by atoms with Crippen LogP contribution in [0.4, 0.5) is 4.79 Å². The number of amides is 1. The number of hydrogen-bond acceptors (Lipinski definition) is 3. The lowest BCUT2D eigenvalue weighted by atomic mass is 10.3. The number of rotatable bonds is 5. The van der Waals surface area contributed by atoms with Gasteiger partial charge in [-0.3, -0.25) is 4.79 Å². The van der Waals surface area contributed by atoms with Crippen molar-refractivity contribution >= 4 is 11.9 Å². The maximum absolute atomic E-state index is 10.6. The summed E-state index contributed by atoms with van der Waals surface area (Å²) in [7, 11) is 0. The number of nitrogens with one attached hydrogen (secondary N) is 1. The molecule has 4 heteroatoms. The van der Waals surface area contributed by atoms with Gasteiger partial charge in [-0.15, -0.1) is 0 Å². The predicted molar refractivity (Wildman–Crippen MR) is 44.8 cm³/mol. The minimum absolute atomic E-state index is 0.0909. The summed E-state index contributed by atoms with van der Waals surface area (Å²) in [5.74, 6) is -0.0909. The molecule has 4 nitrogen and oxygen atoms in total. The van der Waals surface area contributed by atoms with E-state index in [-0.39, 0.29) is 12.2 Å². The Hall–Kier alpha value is -1.32. The van der Waals surface area contributed by atoms with E-state index in [1.807, 2.05) is 0 Å². The third-order valence-corrected chi connectivity index (χ3v) is 1.14. The monoisotopic (exact) mass is 171 g/mol. The second-order valence-electron chi connectivity index (χ2n) is 2.07. The van der Waals surface area contributed by atoms with Crippen molar-refractivity contribution in [3.05, 3.63) is 12.7 Å². The molecule has 0 atom stereocenters. The summed E-state index contributed by atoms with van der Waals surface area (Å²) in [6.07, 6.45) is 1.00. The molecule has 0 heterocycles. The minimum Gasteiger partial charge on any atom is -0.450 e. The van der Waals surface area contributed by atoms with E-state index in [2.05, 4.69) is 16.6 Å². The second kappa shape index (κ2) is 6.39. The highest BCUT2D eigenvalue weighted by atomic mass is 16.5. The van der Waals surface area contributed by atoms with E-state index in [0.29, 0.717) is 13.2 Å². The summed E-state index contributed by atoms with van der Waals surface area (Å²) >= 11 is 0. The van der Waals surface area contributed by atoms with Crippen LogP contribution in [0.3, 0.4) is 0 Å². The maximum Gasteiger partial charge on any atom is 0.407 e. The molecule has 0 aliphatic heterocycles. The van der Waals surface area contributed by atoms with Crippen molar-refractivity contribution in [3.63, 3.8) is 0 Å². The van der Waals surface area contributed by atoms with E-state index >= 15 is 0 Å². The molecular weight excluding hydrogens is 158 g/mol. The van der Waals surface area contributed by atoms with Crippen LogP contribution in [0.1, 0.15) is 13.3 Å². The van der Waals surface area contributed by atoms with E-state index in [9.17, 15) is 9.59 Å². The molecule has 0 spiro atoms. The van der Waals surface area contributed by atoms with Gasteiger partial charge in [-0.1, -0.05) is 6.58 Å². The van der Waals surface area contributed by atoms with E-state index in [1.165, 1.54) is 6.08 Å². The number of hydrogen-bond donors (Lipinski definition) is 1. The van der Waals surface area contributed by atoms with E-state index in [0.717, 1.165) is 0 Å². The number of allylic oxidation sites excluding steroid dienone is 1. The van der Waals surface area contributed by atoms with Gasteiger partial charge in [0, 0.05) is 13.0 Å². The molecule has 0 aromatic carbocycles. The van der Waals surface area contributed by atoms with Gasteiger partial charge in [0.25, 0.3) is 0 Å². The Balaban J connectivity index is 3.36. The fourth-order valence-electron chi connectivity index (χ4n) is 0.572. The normalized spacial score (nSPS) is 8.75. The van der Waals surface area contributed by atoms with Crippen molar-refractivity contribution < 1.29 is 14.3 Å². The van der Waals surface area contributed by atoms with Gasteiger partial charge in [-0.2, -0.15) is 0 Å². The average molecular weight is 171 g/mol. The van der Waals surface area contributed by atoms with Crippen molar-refractivity contribution in [1.29, 1.82) is 0 Å². The van der Waals surface area contributed by atoms with E-state index < -0.39 is 6.09 Å². The molecule has 1 amide bonds. The third kappa shape index (κ3) is 5.46. The molecule has 0 fully saturated rings. The first kappa shape index (κ1) is 10.7. The molecule has 0 aromatic heterocycles. The molecule has 0 saturated carbocycles. The van der Waals surface area contributed by atoms with Gasteiger partial charge in [0.15, 0.2) is 5.78 Å². The molecule has 1 N–H and O–H groups in total. The van der Waals surface area contributed by atoms with Gasteiger partial charge in [0.05, 0.1) is 6.61 Å². The standard InChI is InChI=1S/C8H13NO3/c1-3-7(10)5-6-9-8(11)12-4-2/h3H,1,4-6H2,2H3,(H,9,11). The van der Waals surface area contributed by atoms with Crippen molar-refractivity contribution in [2.45, 2.75) is 13.3 Å². The highest BCUT2D eigenvalue weighted by molar-refractivity contribution is 5.89. The summed E-state index contributed by atoms with van der Waals surface area (Å²) in [5, 5.41) is 2.42. The summed E-state index contributed by atoms with van der Waals surface area (Å²) < 4.78 is 4.57. The number of ketones is 1. The zero-order valence-electron chi connectivity index (χ0n) is 7.13. The van der Waals surface area contributed by atoms with Gasteiger partial charge < -0.3 is 10.1 Å². The van der Waals surface area contributed by atoms with Gasteiger partial charge in [0.1, 0.15) is 0 Å². The van der Waals surface area contributed by atoms with Crippen LogP contribution in [0.2, 0.25) is 0 Å². The Bertz CT molecular complexity index is 177. The number of carbonyl (C=O) groups excluding carboxylic acids is 2. The van der Waals surface area contributed by atoms with E-state index in [1.54, 1.807) is 6.92 Å². The number of carbonyl (C=O) groups is 2. The first-order valence-electron chi connectivity index (χ1n) is 3.76. The third-order valence-electron chi connectivity index (χ3n) is 1.14. The molecule has 0 saturated heterocycles. The lowest BCUT2D eigenvalue weighted by Crippen LogP contribution is -2.26. The Morgan fingerprint density at radius 3 is 2.75 bits per heavy atom. The summed E-state index contributed by atoms with van der Waals surface area (Å²) in [5.41, 5.74) is 0. The summed E-state index contributed by atoms with van der Waals surface area (Å²) in [6, 6.07) is 0. The van der Waals surface area contributed by atoms with Crippen LogP contribution in [-0.4, -0.2) is 25.0 Å². The molecule has 68 valence electrons. The topological polar surface area (TPSA) is 55.4 Å². The Morgan fingerprint density at radius 1 is 1.58 bits per heavy atom. The maximum atomic E-state index is 10.6. The van der Waals surface area contributed by atoms with Crippen molar-refractivity contribution in [3.8, 4) is 0 Å². The van der Waals surface area contributed by atoms with Crippen LogP contribution in [-0.2, 0) is 9.53 Å². The fourth-order valence-corrected chi connectivity index (χ4v) is 0.572. The lowest BCUT2D eigenvalue weighted by molar-refractivity contribution is -0.114. The molecule has 12 heavy (non-hydrogen) atoms. The van der Waals surface area contributed by atoms with Gasteiger partial charge in [-0.05, 0) is 13.0 Å². The fraction of sp³-hybridized carbons (Fsp3) is 0.500. The number of ether oxygens (including phenoxy) is 1. The first-order valence-corrected chi connectivity index (χ1v) is 3.76. The molecule has 0 aliphatic rings. The average Bonchev–Trinajstić information content (AvgIpc) is 2.04. The van der Waals surface area contributed by atoms with Crippen molar-refractivity contribution in [2.24, 2.45) is 0 Å². The Morgan fingerprint density at radius 2 is 2.25 bits per heavy atom. The summed E-state index contributed by atoms with van der Waals surface area (Å²) in [6.45, 7) is 5.65. The molecule has 0 aliphatic carbocycles. The Kier molecular flexibility index (Phi) is 5.69. The Labute approximate surface area is 71.6 Å². The molecule has 0 unspecified atom stereocenters. The van der Waals surface area contributed by atoms with Gasteiger partial charge >= 0.3 is 6.09 Å². The lowest BCUT2D eigenvalue weighted by Gasteiger charge is -2.02. The van der Waals surface area contributed by atoms with Crippen LogP contribution < -0.4 is 5.32 Å². The smallest absolute Gasteiger partial charge is 0.407 e. The van der Waals surface area contributed by atoms with Crippen LogP contribution in [0.15, 0.2) is 12.7 Å². The summed E-state index contributed by atoms with van der Waals surface area (Å²) in [4.78, 5) is 21.3. The molecule has 0 aromatic rings. The van der Waals surface area contributed by atoms with Crippen molar-refractivity contribution in [1.82, 2.24) is 5.32 Å². The first-order chi connectivity index (χ1) is 5.70. The second-order valence-corrected chi connectivity index (χ2v) is 2.07. The van der Waals surface area contributed by atoms with Gasteiger partial charge in [-0.25, -0.2) is 4.79 Å². The van der Waals surface area contributed by atoms with Crippen LogP contribution in [0, 0.1) is 0 Å². The van der Waals surface area contributed by atoms with E-state index in [4.69, 9.17) is 0 Å². The molecule has 0 rings (SSSR count). The van der Waals surface area contributed by atoms with Crippen molar-refractivity contribution in [2.75, 3.05) is 13.2 Å². The highest BCUT2D eigenvalue weighted by Gasteiger charge is 2.00. The van der Waals surface area contributed by atoms with Gasteiger partial charge in [0.2, 0.25) is 0 Å².